The molecule has 2 atom stereocenters. The molecule has 1 N–H and O–H groups in total. The molecule has 4 rings (SSSR count). The molecular formula is C21H21N5O3. The highest BCUT2D eigenvalue weighted by molar-refractivity contribution is 6.25. The number of anilines is 2. The van der Waals surface area contributed by atoms with Crippen LogP contribution in [0, 0.1) is 0 Å². The number of para-hydroxylation sites is 1. The predicted octanol–water partition coefficient (Wildman–Crippen LogP) is 2.74. The number of fused-ring (bicyclic) bond motifs is 1. The van der Waals surface area contributed by atoms with Crippen molar-refractivity contribution in [1.29, 1.82) is 0 Å². The number of hydrogen-bond acceptors (Lipinski definition) is 6. The lowest BCUT2D eigenvalue weighted by molar-refractivity contribution is -0.123. The Morgan fingerprint density at radius 3 is 2.38 bits per heavy atom. The SMILES string of the molecule is CC(C)c1ccc(N2C(=O)[C@@H]3[C@@H](N=NN3CC(=O)Nc3ccccc3)C2=O)cc1. The van der Waals surface area contributed by atoms with Crippen molar-refractivity contribution >= 4 is 29.1 Å². The van der Waals surface area contributed by atoms with Crippen LogP contribution in [-0.4, -0.2) is 41.4 Å². The first-order chi connectivity index (χ1) is 14.0. The average molecular weight is 391 g/mol. The molecule has 0 saturated carbocycles. The van der Waals surface area contributed by atoms with E-state index in [1.165, 1.54) is 5.01 Å². The van der Waals surface area contributed by atoms with Crippen molar-refractivity contribution in [2.24, 2.45) is 10.3 Å². The van der Waals surface area contributed by atoms with Gasteiger partial charge in [-0.15, -0.1) is 0 Å². The number of carbonyl (C=O) groups is 3. The van der Waals surface area contributed by atoms with Crippen LogP contribution in [0.3, 0.4) is 0 Å². The quantitative estimate of drug-likeness (QED) is 0.793. The van der Waals surface area contributed by atoms with Gasteiger partial charge in [-0.25, -0.2) is 4.90 Å². The summed E-state index contributed by atoms with van der Waals surface area (Å²) < 4.78 is 0. The minimum absolute atomic E-state index is 0.168. The molecule has 2 aromatic rings. The van der Waals surface area contributed by atoms with Gasteiger partial charge in [0.15, 0.2) is 12.1 Å². The van der Waals surface area contributed by atoms with E-state index < -0.39 is 23.9 Å². The molecule has 0 aromatic heterocycles. The fourth-order valence-electron chi connectivity index (χ4n) is 3.49. The highest BCUT2D eigenvalue weighted by Crippen LogP contribution is 2.32. The van der Waals surface area contributed by atoms with E-state index in [-0.39, 0.29) is 12.5 Å². The zero-order valence-electron chi connectivity index (χ0n) is 16.1. The van der Waals surface area contributed by atoms with Crippen molar-refractivity contribution in [3.63, 3.8) is 0 Å². The van der Waals surface area contributed by atoms with Gasteiger partial charge < -0.3 is 5.32 Å². The third kappa shape index (κ3) is 3.49. The van der Waals surface area contributed by atoms with Crippen LogP contribution in [0.5, 0.6) is 0 Å². The van der Waals surface area contributed by atoms with Crippen molar-refractivity contribution in [3.05, 3.63) is 60.2 Å². The standard InChI is InChI=1S/C21H21N5O3/c1-13(2)14-8-10-16(11-9-14)26-20(28)18-19(21(26)29)25(24-23-18)12-17(27)22-15-6-4-3-5-7-15/h3-11,13,18-19H,12H2,1-2H3,(H,22,27)/t18-,19+/m1/s1. The summed E-state index contributed by atoms with van der Waals surface area (Å²) in [6.45, 7) is 3.98. The van der Waals surface area contributed by atoms with Crippen LogP contribution in [0.4, 0.5) is 11.4 Å². The number of hydrogen-bond donors (Lipinski definition) is 1. The van der Waals surface area contributed by atoms with Crippen molar-refractivity contribution in [1.82, 2.24) is 5.01 Å². The Labute approximate surface area is 168 Å². The van der Waals surface area contributed by atoms with Gasteiger partial charge in [0.1, 0.15) is 6.54 Å². The largest absolute Gasteiger partial charge is 0.324 e. The third-order valence-corrected chi connectivity index (χ3v) is 5.04. The fourth-order valence-corrected chi connectivity index (χ4v) is 3.49. The Hall–Kier alpha value is -3.55. The molecule has 3 amide bonds. The van der Waals surface area contributed by atoms with E-state index in [4.69, 9.17) is 0 Å². The summed E-state index contributed by atoms with van der Waals surface area (Å²) in [5.41, 5.74) is 2.26. The van der Waals surface area contributed by atoms with E-state index in [0.29, 0.717) is 17.3 Å². The first-order valence-electron chi connectivity index (χ1n) is 9.46. The van der Waals surface area contributed by atoms with Gasteiger partial charge in [-0.2, -0.15) is 5.11 Å². The van der Waals surface area contributed by atoms with Crippen LogP contribution in [0.15, 0.2) is 64.9 Å². The van der Waals surface area contributed by atoms with E-state index in [9.17, 15) is 14.4 Å². The van der Waals surface area contributed by atoms with Crippen molar-refractivity contribution < 1.29 is 14.4 Å². The van der Waals surface area contributed by atoms with Gasteiger partial charge in [0.25, 0.3) is 11.8 Å². The van der Waals surface area contributed by atoms with E-state index in [1.807, 2.05) is 30.3 Å². The van der Waals surface area contributed by atoms with E-state index in [2.05, 4.69) is 29.5 Å². The predicted molar refractivity (Wildman–Crippen MR) is 107 cm³/mol. The minimum atomic E-state index is -0.920. The highest BCUT2D eigenvalue weighted by Gasteiger charge is 2.55. The maximum atomic E-state index is 13.0. The molecule has 2 aromatic carbocycles. The van der Waals surface area contributed by atoms with Crippen LogP contribution in [-0.2, 0) is 14.4 Å². The number of nitrogens with zero attached hydrogens (tertiary/aromatic N) is 4. The molecule has 8 heteroatoms. The summed E-state index contributed by atoms with van der Waals surface area (Å²) in [6.07, 6.45) is 0. The van der Waals surface area contributed by atoms with Gasteiger partial charge in [-0.05, 0) is 35.7 Å². The molecule has 8 nitrogen and oxygen atoms in total. The first kappa shape index (κ1) is 18.8. The maximum absolute atomic E-state index is 13.0. The van der Waals surface area contributed by atoms with Gasteiger partial charge >= 0.3 is 0 Å². The second-order valence-corrected chi connectivity index (χ2v) is 7.36. The number of nitrogens with one attached hydrogen (secondary N) is 1. The van der Waals surface area contributed by atoms with Crippen molar-refractivity contribution in [2.45, 2.75) is 31.8 Å². The number of rotatable bonds is 5. The highest BCUT2D eigenvalue weighted by atomic mass is 16.2. The maximum Gasteiger partial charge on any atom is 0.263 e. The van der Waals surface area contributed by atoms with Gasteiger partial charge in [0, 0.05) is 5.69 Å². The Morgan fingerprint density at radius 2 is 1.72 bits per heavy atom. The van der Waals surface area contributed by atoms with Crippen molar-refractivity contribution in [3.8, 4) is 0 Å². The molecule has 2 heterocycles. The van der Waals surface area contributed by atoms with Crippen LogP contribution >= 0.6 is 0 Å². The van der Waals surface area contributed by atoms with E-state index >= 15 is 0 Å². The molecule has 2 aliphatic rings. The Kier molecular flexibility index (Phi) is 4.84. The summed E-state index contributed by atoms with van der Waals surface area (Å²) in [5, 5.41) is 11.9. The first-order valence-corrected chi connectivity index (χ1v) is 9.46. The zero-order chi connectivity index (χ0) is 20.5. The molecule has 0 bridgehead atoms. The summed E-state index contributed by atoms with van der Waals surface area (Å²) >= 11 is 0. The molecule has 2 aliphatic heterocycles. The molecule has 1 fully saturated rings. The van der Waals surface area contributed by atoms with Gasteiger partial charge in [-0.1, -0.05) is 49.4 Å². The molecule has 0 radical (unpaired) electrons. The minimum Gasteiger partial charge on any atom is -0.324 e. The topological polar surface area (TPSA) is 94.4 Å². The molecular weight excluding hydrogens is 370 g/mol. The number of carbonyl (C=O) groups excluding carboxylic acids is 3. The summed E-state index contributed by atoms with van der Waals surface area (Å²) in [7, 11) is 0. The number of amides is 3. The van der Waals surface area contributed by atoms with Crippen molar-refractivity contribution in [2.75, 3.05) is 16.8 Å². The summed E-state index contributed by atoms with van der Waals surface area (Å²) in [4.78, 5) is 39.2. The smallest absolute Gasteiger partial charge is 0.263 e. The summed E-state index contributed by atoms with van der Waals surface area (Å²) in [5.74, 6) is -0.835. The monoisotopic (exact) mass is 391 g/mol. The van der Waals surface area contributed by atoms with Gasteiger partial charge in [-0.3, -0.25) is 19.4 Å². The lowest BCUT2D eigenvalue weighted by atomic mass is 10.0. The Morgan fingerprint density at radius 1 is 1.03 bits per heavy atom. The lowest BCUT2D eigenvalue weighted by Gasteiger charge is -2.20. The normalized spacial score (nSPS) is 20.5. The van der Waals surface area contributed by atoms with E-state index in [0.717, 1.165) is 10.5 Å². The van der Waals surface area contributed by atoms with Crippen LogP contribution in [0.25, 0.3) is 0 Å². The second kappa shape index (κ2) is 7.46. The number of imide groups is 1. The average Bonchev–Trinajstić information content (AvgIpc) is 3.22. The van der Waals surface area contributed by atoms with E-state index in [1.54, 1.807) is 24.3 Å². The number of benzene rings is 2. The molecule has 1 saturated heterocycles. The fraction of sp³-hybridized carbons (Fsp3) is 0.286. The second-order valence-electron chi connectivity index (χ2n) is 7.36. The van der Waals surface area contributed by atoms with Crippen LogP contribution in [0.1, 0.15) is 25.3 Å². The zero-order valence-corrected chi connectivity index (χ0v) is 16.1. The summed E-state index contributed by atoms with van der Waals surface area (Å²) in [6, 6.07) is 14.5. The molecule has 0 unspecified atom stereocenters. The Balaban J connectivity index is 1.48. The van der Waals surface area contributed by atoms with Crippen LogP contribution in [0.2, 0.25) is 0 Å². The lowest BCUT2D eigenvalue weighted by Crippen LogP contribution is -2.43. The molecule has 0 aliphatic carbocycles. The van der Waals surface area contributed by atoms with Gasteiger partial charge in [0.2, 0.25) is 5.91 Å². The molecule has 148 valence electrons. The van der Waals surface area contributed by atoms with Crippen LogP contribution < -0.4 is 10.2 Å². The third-order valence-electron chi connectivity index (χ3n) is 5.04. The Bertz CT molecular complexity index is 972. The molecule has 0 spiro atoms. The molecule has 29 heavy (non-hydrogen) atoms. The van der Waals surface area contributed by atoms with Gasteiger partial charge in [0.05, 0.1) is 5.69 Å².